The Hall–Kier alpha value is -1.00. The highest BCUT2D eigenvalue weighted by atomic mass is 19.3. The van der Waals surface area contributed by atoms with Crippen LogP contribution in [0.2, 0.25) is 0 Å². The van der Waals surface area contributed by atoms with Gasteiger partial charge in [0.25, 0.3) is 0 Å². The normalized spacial score (nSPS) is 29.9. The predicted octanol–water partition coefficient (Wildman–Crippen LogP) is 4.73. The van der Waals surface area contributed by atoms with Crippen LogP contribution in [0.25, 0.3) is 0 Å². The lowest BCUT2D eigenvalue weighted by molar-refractivity contribution is -0.137. The predicted molar refractivity (Wildman–Crippen MR) is 92.5 cm³/mol. The Kier molecular flexibility index (Phi) is 6.11. The van der Waals surface area contributed by atoms with E-state index in [-0.39, 0.29) is 30.4 Å². The van der Waals surface area contributed by atoms with Gasteiger partial charge in [-0.15, -0.1) is 0 Å². The number of piperidine rings is 1. The highest BCUT2D eigenvalue weighted by molar-refractivity contribution is 5.82. The Labute approximate surface area is 149 Å². The molecule has 2 aliphatic carbocycles. The summed E-state index contributed by atoms with van der Waals surface area (Å²) in [4.78, 5) is 26.9. The summed E-state index contributed by atoms with van der Waals surface area (Å²) in [5.74, 6) is -1.85. The molecule has 3 nitrogen and oxygen atoms in total. The number of hydrogen-bond acceptors (Lipinski definition) is 2. The number of ketones is 1. The van der Waals surface area contributed by atoms with E-state index in [1.54, 1.807) is 0 Å². The number of amides is 1. The van der Waals surface area contributed by atoms with Crippen molar-refractivity contribution in [1.82, 2.24) is 4.90 Å². The Morgan fingerprint density at radius 1 is 0.920 bits per heavy atom. The van der Waals surface area contributed by atoms with Crippen molar-refractivity contribution in [1.29, 1.82) is 0 Å². The first-order valence-electron chi connectivity index (χ1n) is 10.2. The summed E-state index contributed by atoms with van der Waals surface area (Å²) < 4.78 is 26.4. The van der Waals surface area contributed by atoms with Gasteiger partial charge >= 0.3 is 0 Å². The van der Waals surface area contributed by atoms with Crippen LogP contribution in [-0.2, 0) is 9.59 Å². The van der Waals surface area contributed by atoms with Crippen molar-refractivity contribution in [3.63, 3.8) is 0 Å². The van der Waals surface area contributed by atoms with E-state index in [9.17, 15) is 18.4 Å². The molecule has 0 radical (unpaired) electrons. The van der Waals surface area contributed by atoms with E-state index in [0.717, 1.165) is 19.4 Å². The van der Waals surface area contributed by atoms with Crippen molar-refractivity contribution in [2.75, 3.05) is 6.54 Å². The third kappa shape index (κ3) is 4.79. The molecule has 0 aromatic rings. The maximum Gasteiger partial charge on any atom is 0.248 e. The first kappa shape index (κ1) is 18.8. The fraction of sp³-hybridized carbons (Fsp3) is 0.900. The molecule has 0 bridgehead atoms. The van der Waals surface area contributed by atoms with Crippen LogP contribution in [0.1, 0.15) is 83.5 Å². The van der Waals surface area contributed by atoms with Crippen LogP contribution >= 0.6 is 0 Å². The summed E-state index contributed by atoms with van der Waals surface area (Å²) in [5, 5.41) is 0. The van der Waals surface area contributed by atoms with Crippen LogP contribution in [-0.4, -0.2) is 35.1 Å². The SMILES string of the molecule is O=C(CCCC(=O)N1CCCC2CCCCC21)C1CCC(F)(F)CC1. The molecule has 2 atom stereocenters. The van der Waals surface area contributed by atoms with Crippen LogP contribution in [0.3, 0.4) is 0 Å². The van der Waals surface area contributed by atoms with E-state index in [2.05, 4.69) is 4.90 Å². The van der Waals surface area contributed by atoms with Crippen LogP contribution in [0.4, 0.5) is 8.78 Å². The van der Waals surface area contributed by atoms with Crippen molar-refractivity contribution >= 4 is 11.7 Å². The molecule has 3 rings (SSSR count). The quantitative estimate of drug-likeness (QED) is 0.715. The number of fused-ring (bicyclic) bond motifs is 1. The molecule has 0 aromatic carbocycles. The maximum atomic E-state index is 13.2. The van der Waals surface area contributed by atoms with Crippen LogP contribution < -0.4 is 0 Å². The maximum absolute atomic E-state index is 13.2. The molecule has 25 heavy (non-hydrogen) atoms. The number of likely N-dealkylation sites (tertiary alicyclic amines) is 1. The standard InChI is InChI=1S/C20H31F2NO2/c21-20(22)12-10-16(11-13-20)18(24)8-3-9-19(25)23-14-4-6-15-5-1-2-7-17(15)23/h15-17H,1-14H2. The molecular weight excluding hydrogens is 324 g/mol. The first-order valence-corrected chi connectivity index (χ1v) is 10.2. The van der Waals surface area contributed by atoms with E-state index in [0.29, 0.717) is 44.1 Å². The minimum Gasteiger partial charge on any atom is -0.339 e. The van der Waals surface area contributed by atoms with E-state index in [4.69, 9.17) is 0 Å². The van der Waals surface area contributed by atoms with Gasteiger partial charge in [0.15, 0.2) is 0 Å². The minimum absolute atomic E-state index is 0.0810. The van der Waals surface area contributed by atoms with Gasteiger partial charge in [0.2, 0.25) is 11.8 Å². The van der Waals surface area contributed by atoms with Gasteiger partial charge in [-0.25, -0.2) is 8.78 Å². The number of carbonyl (C=O) groups is 2. The molecule has 142 valence electrons. The highest BCUT2D eigenvalue weighted by Gasteiger charge is 2.37. The Bertz CT molecular complexity index is 482. The molecule has 2 unspecified atom stereocenters. The summed E-state index contributed by atoms with van der Waals surface area (Å²) in [7, 11) is 0. The Morgan fingerprint density at radius 2 is 1.60 bits per heavy atom. The van der Waals surface area contributed by atoms with Crippen molar-refractivity contribution in [3.05, 3.63) is 0 Å². The van der Waals surface area contributed by atoms with E-state index < -0.39 is 5.92 Å². The van der Waals surface area contributed by atoms with Gasteiger partial charge in [0.05, 0.1) is 0 Å². The molecule has 3 fully saturated rings. The average Bonchev–Trinajstić information content (AvgIpc) is 2.61. The first-order chi connectivity index (χ1) is 12.0. The number of hydrogen-bond donors (Lipinski definition) is 0. The number of Topliss-reactive ketones (excluding diaryl/α,β-unsaturated/α-hetero) is 1. The molecule has 0 N–H and O–H groups in total. The van der Waals surface area contributed by atoms with Gasteiger partial charge in [0.1, 0.15) is 5.78 Å². The fourth-order valence-electron chi connectivity index (χ4n) is 5.06. The van der Waals surface area contributed by atoms with Crippen LogP contribution in [0, 0.1) is 11.8 Å². The number of alkyl halides is 2. The highest BCUT2D eigenvalue weighted by Crippen LogP contribution is 2.37. The van der Waals surface area contributed by atoms with Gasteiger partial charge in [-0.2, -0.15) is 0 Å². The molecule has 1 aliphatic heterocycles. The number of carbonyl (C=O) groups excluding carboxylic acids is 2. The summed E-state index contributed by atoms with van der Waals surface area (Å²) in [5.41, 5.74) is 0. The van der Waals surface area contributed by atoms with Gasteiger partial charge in [-0.3, -0.25) is 9.59 Å². The largest absolute Gasteiger partial charge is 0.339 e. The summed E-state index contributed by atoms with van der Waals surface area (Å²) in [6.45, 7) is 0.867. The summed E-state index contributed by atoms with van der Waals surface area (Å²) >= 11 is 0. The molecule has 3 aliphatic rings. The number of halogens is 2. The topological polar surface area (TPSA) is 37.4 Å². The molecule has 0 aromatic heterocycles. The summed E-state index contributed by atoms with van der Waals surface area (Å²) in [6, 6.07) is 0.422. The molecule has 2 saturated carbocycles. The number of nitrogens with zero attached hydrogens (tertiary/aromatic N) is 1. The average molecular weight is 355 g/mol. The number of rotatable bonds is 5. The zero-order chi connectivity index (χ0) is 17.9. The lowest BCUT2D eigenvalue weighted by atomic mass is 9.78. The molecule has 1 heterocycles. The van der Waals surface area contributed by atoms with Gasteiger partial charge < -0.3 is 4.90 Å². The third-order valence-electron chi connectivity index (χ3n) is 6.55. The van der Waals surface area contributed by atoms with Gasteiger partial charge in [-0.05, 0) is 50.9 Å². The van der Waals surface area contributed by atoms with Crippen LogP contribution in [0.15, 0.2) is 0 Å². The minimum atomic E-state index is -2.59. The second kappa shape index (κ2) is 8.13. The van der Waals surface area contributed by atoms with E-state index in [1.807, 2.05) is 0 Å². The van der Waals surface area contributed by atoms with Gasteiger partial charge in [-0.1, -0.05) is 12.8 Å². The second-order valence-electron chi connectivity index (χ2n) is 8.29. The van der Waals surface area contributed by atoms with Gasteiger partial charge in [0, 0.05) is 44.2 Å². The second-order valence-corrected chi connectivity index (χ2v) is 8.29. The molecule has 5 heteroatoms. The molecule has 1 amide bonds. The van der Waals surface area contributed by atoms with Crippen molar-refractivity contribution < 1.29 is 18.4 Å². The van der Waals surface area contributed by atoms with E-state index >= 15 is 0 Å². The Morgan fingerprint density at radius 3 is 2.36 bits per heavy atom. The van der Waals surface area contributed by atoms with E-state index in [1.165, 1.54) is 25.7 Å². The lowest BCUT2D eigenvalue weighted by Gasteiger charge is -2.44. The lowest BCUT2D eigenvalue weighted by Crippen LogP contribution is -2.49. The third-order valence-corrected chi connectivity index (χ3v) is 6.55. The van der Waals surface area contributed by atoms with Crippen LogP contribution in [0.5, 0.6) is 0 Å². The molecule has 1 saturated heterocycles. The molecular formula is C20H31F2NO2. The van der Waals surface area contributed by atoms with Crippen molar-refractivity contribution in [2.45, 2.75) is 95.4 Å². The zero-order valence-corrected chi connectivity index (χ0v) is 15.2. The monoisotopic (exact) mass is 355 g/mol. The molecule has 0 spiro atoms. The summed E-state index contributed by atoms with van der Waals surface area (Å²) in [6.07, 6.45) is 8.87. The smallest absolute Gasteiger partial charge is 0.248 e. The fourth-order valence-corrected chi connectivity index (χ4v) is 5.06. The van der Waals surface area contributed by atoms with Crippen molar-refractivity contribution in [3.8, 4) is 0 Å². The zero-order valence-electron chi connectivity index (χ0n) is 15.2. The van der Waals surface area contributed by atoms with Crippen molar-refractivity contribution in [2.24, 2.45) is 11.8 Å². The Balaban J connectivity index is 1.41.